The summed E-state index contributed by atoms with van der Waals surface area (Å²) in [6.45, 7) is 2.48. The van der Waals surface area contributed by atoms with Crippen molar-refractivity contribution in [3.05, 3.63) is 94.5 Å². The third kappa shape index (κ3) is 5.72. The van der Waals surface area contributed by atoms with Crippen LogP contribution in [0.2, 0.25) is 0 Å². The molecule has 5 heteroatoms. The summed E-state index contributed by atoms with van der Waals surface area (Å²) in [5, 5.41) is 2.99. The number of ether oxygens (including phenoxy) is 1. The first-order valence-electron chi connectivity index (χ1n) is 9.26. The van der Waals surface area contributed by atoms with Crippen molar-refractivity contribution in [2.45, 2.75) is 6.92 Å². The number of methoxy groups -OCH3 is 1. The van der Waals surface area contributed by atoms with Gasteiger partial charge in [-0.15, -0.1) is 0 Å². The lowest BCUT2D eigenvalue weighted by Gasteiger charge is -2.24. The highest BCUT2D eigenvalue weighted by atomic mass is 79.9. The molecule has 148 valence electrons. The summed E-state index contributed by atoms with van der Waals surface area (Å²) in [7, 11) is 1.62. The molecular weight excluding hydrogens is 428 g/mol. The highest BCUT2D eigenvalue weighted by Gasteiger charge is 2.17. The molecule has 0 bridgehead atoms. The molecule has 0 spiro atoms. The average molecular weight is 451 g/mol. The lowest BCUT2D eigenvalue weighted by molar-refractivity contribution is 0.257. The lowest BCUT2D eigenvalue weighted by atomic mass is 10.1. The molecule has 29 heavy (non-hydrogen) atoms. The zero-order valence-electron chi connectivity index (χ0n) is 16.4. The molecule has 1 N–H and O–H groups in total. The van der Waals surface area contributed by atoms with Crippen LogP contribution in [0, 0.1) is 0 Å². The van der Waals surface area contributed by atoms with Gasteiger partial charge in [-0.2, -0.15) is 0 Å². The smallest absolute Gasteiger partial charge is 0.326 e. The van der Waals surface area contributed by atoms with Gasteiger partial charge in [-0.05, 0) is 64.8 Å². The second-order valence-corrected chi connectivity index (χ2v) is 7.45. The van der Waals surface area contributed by atoms with Gasteiger partial charge in [-0.25, -0.2) is 4.79 Å². The Labute approximate surface area is 179 Å². The number of carbonyl (C=O) groups is 1. The van der Waals surface area contributed by atoms with E-state index in [2.05, 4.69) is 27.3 Å². The molecule has 0 saturated heterocycles. The highest BCUT2D eigenvalue weighted by molar-refractivity contribution is 9.10. The molecule has 4 nitrogen and oxygen atoms in total. The Kier molecular flexibility index (Phi) is 7.09. The van der Waals surface area contributed by atoms with E-state index in [-0.39, 0.29) is 6.03 Å². The number of hydrogen-bond donors (Lipinski definition) is 1. The first kappa shape index (κ1) is 20.7. The molecule has 2 amide bonds. The van der Waals surface area contributed by atoms with Gasteiger partial charge in [0.15, 0.2) is 0 Å². The normalized spacial score (nSPS) is 11.1. The number of hydrogen-bond acceptors (Lipinski definition) is 2. The number of amides is 2. The Morgan fingerprint density at radius 1 is 1.00 bits per heavy atom. The van der Waals surface area contributed by atoms with Crippen LogP contribution in [0.5, 0.6) is 5.75 Å². The molecule has 3 rings (SSSR count). The number of anilines is 2. The topological polar surface area (TPSA) is 41.6 Å². The summed E-state index contributed by atoms with van der Waals surface area (Å²) >= 11 is 3.48. The second-order valence-electron chi connectivity index (χ2n) is 6.60. The van der Waals surface area contributed by atoms with Crippen LogP contribution < -0.4 is 15.0 Å². The SMILES string of the molecule is COc1ccc(N(C/C(C)=C/c2ccccc2)C(=O)Nc2ccccc2Br)cc1. The fourth-order valence-corrected chi connectivity index (χ4v) is 3.30. The number of urea groups is 1. The van der Waals surface area contributed by atoms with Crippen LogP contribution in [0.15, 0.2) is 88.9 Å². The van der Waals surface area contributed by atoms with Crippen LogP contribution in [0.25, 0.3) is 6.08 Å². The van der Waals surface area contributed by atoms with Crippen LogP contribution in [0.3, 0.4) is 0 Å². The summed E-state index contributed by atoms with van der Waals surface area (Å²) < 4.78 is 6.08. The molecule has 0 saturated carbocycles. The molecular formula is C24H23BrN2O2. The van der Waals surface area contributed by atoms with Gasteiger partial charge in [0.1, 0.15) is 5.75 Å². The maximum Gasteiger partial charge on any atom is 0.326 e. The van der Waals surface area contributed by atoms with Crippen LogP contribution in [0.4, 0.5) is 16.2 Å². The summed E-state index contributed by atoms with van der Waals surface area (Å²) in [5.41, 5.74) is 3.68. The fourth-order valence-electron chi connectivity index (χ4n) is 2.92. The first-order chi connectivity index (χ1) is 14.1. The van der Waals surface area contributed by atoms with Gasteiger partial charge in [0, 0.05) is 16.7 Å². The minimum atomic E-state index is -0.206. The van der Waals surface area contributed by atoms with Crippen molar-refractivity contribution in [1.29, 1.82) is 0 Å². The van der Waals surface area contributed by atoms with Crippen LogP contribution in [-0.2, 0) is 0 Å². The summed E-state index contributed by atoms with van der Waals surface area (Å²) in [6.07, 6.45) is 2.09. The quantitative estimate of drug-likeness (QED) is 0.459. The van der Waals surface area contributed by atoms with E-state index in [1.807, 2.05) is 85.8 Å². The second kappa shape index (κ2) is 9.94. The van der Waals surface area contributed by atoms with E-state index in [0.717, 1.165) is 32.7 Å². The predicted molar refractivity (Wildman–Crippen MR) is 124 cm³/mol. The molecule has 0 fully saturated rings. The zero-order valence-corrected chi connectivity index (χ0v) is 18.0. The fraction of sp³-hybridized carbons (Fsp3) is 0.125. The van der Waals surface area contributed by atoms with E-state index in [0.29, 0.717) is 6.54 Å². The van der Waals surface area contributed by atoms with Crippen molar-refractivity contribution >= 4 is 39.4 Å². The molecule has 3 aromatic rings. The van der Waals surface area contributed by atoms with Gasteiger partial charge in [-0.3, -0.25) is 4.90 Å². The maximum absolute atomic E-state index is 13.1. The van der Waals surface area contributed by atoms with Gasteiger partial charge in [0.2, 0.25) is 0 Å². The third-order valence-electron chi connectivity index (χ3n) is 4.36. The van der Waals surface area contributed by atoms with Crippen molar-refractivity contribution in [1.82, 2.24) is 0 Å². The number of carbonyl (C=O) groups excluding carboxylic acids is 1. The molecule has 0 unspecified atom stereocenters. The molecule has 0 radical (unpaired) electrons. The Hall–Kier alpha value is -3.05. The Bertz CT molecular complexity index is 985. The van der Waals surface area contributed by atoms with Crippen LogP contribution >= 0.6 is 15.9 Å². The van der Waals surface area contributed by atoms with E-state index in [9.17, 15) is 4.79 Å². The number of para-hydroxylation sites is 1. The van der Waals surface area contributed by atoms with E-state index >= 15 is 0 Å². The average Bonchev–Trinajstić information content (AvgIpc) is 2.74. The van der Waals surface area contributed by atoms with E-state index in [1.165, 1.54) is 0 Å². The number of benzene rings is 3. The number of nitrogens with zero attached hydrogens (tertiary/aromatic N) is 1. The Morgan fingerprint density at radius 3 is 2.31 bits per heavy atom. The van der Waals surface area contributed by atoms with E-state index in [1.54, 1.807) is 12.0 Å². The van der Waals surface area contributed by atoms with Crippen molar-refractivity contribution in [2.75, 3.05) is 23.9 Å². The largest absolute Gasteiger partial charge is 0.497 e. The van der Waals surface area contributed by atoms with Crippen molar-refractivity contribution in [3.63, 3.8) is 0 Å². The van der Waals surface area contributed by atoms with Gasteiger partial charge < -0.3 is 10.1 Å². The predicted octanol–water partition coefficient (Wildman–Crippen LogP) is 6.60. The molecule has 0 aliphatic rings. The van der Waals surface area contributed by atoms with Gasteiger partial charge >= 0.3 is 6.03 Å². The van der Waals surface area contributed by atoms with Gasteiger partial charge in [0.25, 0.3) is 0 Å². The molecule has 3 aromatic carbocycles. The minimum Gasteiger partial charge on any atom is -0.497 e. The van der Waals surface area contributed by atoms with Gasteiger partial charge in [0.05, 0.1) is 12.8 Å². The molecule has 0 aromatic heterocycles. The molecule has 0 aliphatic carbocycles. The lowest BCUT2D eigenvalue weighted by Crippen LogP contribution is -2.36. The number of nitrogens with one attached hydrogen (secondary N) is 1. The molecule has 0 aliphatic heterocycles. The van der Waals surface area contributed by atoms with Crippen molar-refractivity contribution in [3.8, 4) is 5.75 Å². The van der Waals surface area contributed by atoms with Crippen LogP contribution in [0.1, 0.15) is 12.5 Å². The van der Waals surface area contributed by atoms with Crippen molar-refractivity contribution < 1.29 is 9.53 Å². The first-order valence-corrected chi connectivity index (χ1v) is 10.1. The van der Waals surface area contributed by atoms with E-state index < -0.39 is 0 Å². The molecule has 0 heterocycles. The van der Waals surface area contributed by atoms with Crippen LogP contribution in [-0.4, -0.2) is 19.7 Å². The van der Waals surface area contributed by atoms with Gasteiger partial charge in [-0.1, -0.05) is 54.1 Å². The third-order valence-corrected chi connectivity index (χ3v) is 5.06. The maximum atomic E-state index is 13.1. The minimum absolute atomic E-state index is 0.206. The number of rotatable bonds is 6. The summed E-state index contributed by atoms with van der Waals surface area (Å²) in [6, 6.07) is 24.9. The summed E-state index contributed by atoms with van der Waals surface area (Å²) in [5.74, 6) is 0.747. The number of halogens is 1. The highest BCUT2D eigenvalue weighted by Crippen LogP contribution is 2.25. The zero-order chi connectivity index (χ0) is 20.6. The standard InChI is InChI=1S/C24H23BrN2O2/c1-18(16-19-8-4-3-5-9-19)17-27(20-12-14-21(29-2)15-13-20)24(28)26-23-11-7-6-10-22(23)25/h3-16H,17H2,1-2H3,(H,26,28)/b18-16+. The van der Waals surface area contributed by atoms with E-state index in [4.69, 9.17) is 4.74 Å². The monoisotopic (exact) mass is 450 g/mol. The molecule has 0 atom stereocenters. The Balaban J connectivity index is 1.87. The van der Waals surface area contributed by atoms with Crippen molar-refractivity contribution in [2.24, 2.45) is 0 Å². The Morgan fingerprint density at radius 2 is 1.66 bits per heavy atom. The summed E-state index contributed by atoms with van der Waals surface area (Å²) in [4.78, 5) is 14.9.